The highest BCUT2D eigenvalue weighted by Crippen LogP contribution is 2.30. The Morgan fingerprint density at radius 1 is 1.24 bits per heavy atom. The molecule has 0 radical (unpaired) electrons. The first-order chi connectivity index (χ1) is 11.8. The molecule has 1 aromatic rings. The Labute approximate surface area is 143 Å². The molecular weight excluding hydrogens is 331 g/mol. The molecular formula is C19H16F3NO2. The number of imide groups is 1. The van der Waals surface area contributed by atoms with Crippen LogP contribution < -0.4 is 4.90 Å². The van der Waals surface area contributed by atoms with E-state index in [-0.39, 0.29) is 31.1 Å². The summed E-state index contributed by atoms with van der Waals surface area (Å²) in [6.45, 7) is 3.32. The van der Waals surface area contributed by atoms with Gasteiger partial charge in [0.25, 0.3) is 0 Å². The maximum atomic E-state index is 12.7. The number of benzene rings is 1. The largest absolute Gasteiger partial charge is 0.395 e. The molecule has 2 rings (SSSR count). The average molecular weight is 347 g/mol. The van der Waals surface area contributed by atoms with Crippen LogP contribution in [-0.2, 0) is 9.59 Å². The molecule has 0 aromatic heterocycles. The minimum absolute atomic E-state index is 0.180. The predicted molar refractivity (Wildman–Crippen MR) is 88.5 cm³/mol. The quantitative estimate of drug-likeness (QED) is 0.469. The average Bonchev–Trinajstić information content (AvgIpc) is 2.88. The molecule has 2 amide bonds. The first kappa shape index (κ1) is 18.5. The van der Waals surface area contributed by atoms with Crippen LogP contribution in [0.15, 0.2) is 49.1 Å². The molecule has 3 nitrogen and oxygen atoms in total. The van der Waals surface area contributed by atoms with E-state index in [1.54, 1.807) is 24.3 Å². The lowest BCUT2D eigenvalue weighted by Crippen LogP contribution is -2.28. The number of halogens is 3. The summed E-state index contributed by atoms with van der Waals surface area (Å²) in [4.78, 5) is 24.6. The van der Waals surface area contributed by atoms with Gasteiger partial charge in [-0.15, -0.1) is 6.58 Å². The van der Waals surface area contributed by atoms with Gasteiger partial charge in [-0.25, -0.2) is 0 Å². The molecule has 0 saturated carbocycles. The Hall–Kier alpha value is -2.81. The van der Waals surface area contributed by atoms with Gasteiger partial charge in [-0.1, -0.05) is 30.1 Å². The van der Waals surface area contributed by atoms with Gasteiger partial charge in [-0.05, 0) is 30.7 Å². The number of allylic oxidation sites excluding steroid dienone is 3. The monoisotopic (exact) mass is 347 g/mol. The summed E-state index contributed by atoms with van der Waals surface area (Å²) in [5, 5.41) is 0. The zero-order valence-corrected chi connectivity index (χ0v) is 13.3. The SMILES string of the molecule is C=CC[C@H](/C=C/C#Cc1cccc(N2C(=O)CCC2=O)c1)C(F)(F)F. The minimum Gasteiger partial charge on any atom is -0.274 e. The summed E-state index contributed by atoms with van der Waals surface area (Å²) < 4.78 is 38.2. The molecule has 0 unspecified atom stereocenters. The third-order valence-corrected chi connectivity index (χ3v) is 3.63. The lowest BCUT2D eigenvalue weighted by Gasteiger charge is -2.14. The molecule has 25 heavy (non-hydrogen) atoms. The van der Waals surface area contributed by atoms with Gasteiger partial charge < -0.3 is 0 Å². The summed E-state index contributed by atoms with van der Waals surface area (Å²) in [7, 11) is 0. The van der Waals surface area contributed by atoms with E-state index in [1.807, 2.05) is 0 Å². The molecule has 0 bridgehead atoms. The van der Waals surface area contributed by atoms with Crippen molar-refractivity contribution in [3.63, 3.8) is 0 Å². The van der Waals surface area contributed by atoms with Crippen LogP contribution >= 0.6 is 0 Å². The highest BCUT2D eigenvalue weighted by molar-refractivity contribution is 6.19. The van der Waals surface area contributed by atoms with Crippen molar-refractivity contribution in [2.75, 3.05) is 4.90 Å². The molecule has 0 spiro atoms. The van der Waals surface area contributed by atoms with Gasteiger partial charge in [0, 0.05) is 18.4 Å². The topological polar surface area (TPSA) is 37.4 Å². The summed E-state index contributed by atoms with van der Waals surface area (Å²) in [6.07, 6.45) is -0.839. The second-order valence-electron chi connectivity index (χ2n) is 5.47. The number of hydrogen-bond acceptors (Lipinski definition) is 2. The fraction of sp³-hybridized carbons (Fsp3) is 0.263. The lowest BCUT2D eigenvalue weighted by molar-refractivity contribution is -0.160. The zero-order chi connectivity index (χ0) is 18.4. The molecule has 6 heteroatoms. The van der Waals surface area contributed by atoms with Gasteiger partial charge >= 0.3 is 6.18 Å². The fourth-order valence-electron chi connectivity index (χ4n) is 2.38. The van der Waals surface area contributed by atoms with Crippen LogP contribution in [0.5, 0.6) is 0 Å². The summed E-state index contributed by atoms with van der Waals surface area (Å²) in [6, 6.07) is 6.47. The maximum absolute atomic E-state index is 12.7. The number of carbonyl (C=O) groups is 2. The first-order valence-electron chi connectivity index (χ1n) is 7.64. The zero-order valence-electron chi connectivity index (χ0n) is 13.3. The van der Waals surface area contributed by atoms with E-state index in [9.17, 15) is 22.8 Å². The van der Waals surface area contributed by atoms with Crippen LogP contribution in [0.1, 0.15) is 24.8 Å². The second kappa shape index (κ2) is 7.84. The van der Waals surface area contributed by atoms with E-state index in [1.165, 1.54) is 6.08 Å². The Morgan fingerprint density at radius 3 is 2.52 bits per heavy atom. The van der Waals surface area contributed by atoms with E-state index in [0.717, 1.165) is 17.1 Å². The number of alkyl halides is 3. The van der Waals surface area contributed by atoms with Gasteiger partial charge in [-0.2, -0.15) is 13.2 Å². The highest BCUT2D eigenvalue weighted by atomic mass is 19.4. The molecule has 0 N–H and O–H groups in total. The van der Waals surface area contributed by atoms with Crippen molar-refractivity contribution in [2.24, 2.45) is 5.92 Å². The van der Waals surface area contributed by atoms with Crippen molar-refractivity contribution in [3.8, 4) is 11.8 Å². The third kappa shape index (κ3) is 4.83. The minimum atomic E-state index is -4.34. The predicted octanol–water partition coefficient (Wildman–Crippen LogP) is 4.00. The van der Waals surface area contributed by atoms with E-state index in [4.69, 9.17) is 0 Å². The van der Waals surface area contributed by atoms with Gasteiger partial charge in [0.2, 0.25) is 11.8 Å². The number of carbonyl (C=O) groups excluding carboxylic acids is 2. The number of nitrogens with zero attached hydrogens (tertiary/aromatic N) is 1. The Balaban J connectivity index is 2.14. The van der Waals surface area contributed by atoms with Crippen molar-refractivity contribution in [1.29, 1.82) is 0 Å². The van der Waals surface area contributed by atoms with Crippen LogP contribution in [0.4, 0.5) is 18.9 Å². The molecule has 1 heterocycles. The fourth-order valence-corrected chi connectivity index (χ4v) is 2.38. The maximum Gasteiger partial charge on any atom is 0.395 e. The Morgan fingerprint density at radius 2 is 1.92 bits per heavy atom. The third-order valence-electron chi connectivity index (χ3n) is 3.63. The van der Waals surface area contributed by atoms with E-state index in [0.29, 0.717) is 11.3 Å². The van der Waals surface area contributed by atoms with Crippen molar-refractivity contribution in [2.45, 2.75) is 25.4 Å². The van der Waals surface area contributed by atoms with Crippen molar-refractivity contribution >= 4 is 17.5 Å². The van der Waals surface area contributed by atoms with Crippen molar-refractivity contribution in [3.05, 3.63) is 54.6 Å². The standard InChI is InChI=1S/C19H16F3NO2/c1-2-6-15(19(20,21)22)9-4-3-7-14-8-5-10-16(13-14)23-17(24)11-12-18(23)25/h2,4-5,8-10,13,15H,1,6,11-12H2/b9-4+/t15-/m1/s1. The molecule has 1 fully saturated rings. The van der Waals surface area contributed by atoms with Gasteiger partial charge in [0.15, 0.2) is 0 Å². The Kier molecular flexibility index (Phi) is 5.81. The number of hydrogen-bond donors (Lipinski definition) is 0. The van der Waals surface area contributed by atoms with Gasteiger partial charge in [-0.3, -0.25) is 14.5 Å². The summed E-state index contributed by atoms with van der Waals surface area (Å²) in [5.74, 6) is 3.10. The summed E-state index contributed by atoms with van der Waals surface area (Å²) in [5.41, 5.74) is 0.921. The molecule has 1 saturated heterocycles. The van der Waals surface area contributed by atoms with Crippen molar-refractivity contribution < 1.29 is 22.8 Å². The number of rotatable bonds is 4. The van der Waals surface area contributed by atoms with Crippen LogP contribution in [0.25, 0.3) is 0 Å². The van der Waals surface area contributed by atoms with Crippen LogP contribution in [0.3, 0.4) is 0 Å². The Bertz CT molecular complexity index is 753. The van der Waals surface area contributed by atoms with Gasteiger partial charge in [0.05, 0.1) is 11.6 Å². The molecule has 1 aliphatic heterocycles. The highest BCUT2D eigenvalue weighted by Gasteiger charge is 2.36. The van der Waals surface area contributed by atoms with E-state index >= 15 is 0 Å². The normalized spacial score (nSPS) is 16.0. The van der Waals surface area contributed by atoms with E-state index in [2.05, 4.69) is 18.4 Å². The second-order valence-corrected chi connectivity index (χ2v) is 5.47. The first-order valence-corrected chi connectivity index (χ1v) is 7.64. The molecule has 130 valence electrons. The number of amides is 2. The smallest absolute Gasteiger partial charge is 0.274 e. The lowest BCUT2D eigenvalue weighted by atomic mass is 10.0. The van der Waals surface area contributed by atoms with E-state index < -0.39 is 12.1 Å². The molecule has 1 aliphatic rings. The number of anilines is 1. The molecule has 0 aliphatic carbocycles. The van der Waals surface area contributed by atoms with Gasteiger partial charge in [0.1, 0.15) is 0 Å². The molecule has 1 atom stereocenters. The van der Waals surface area contributed by atoms with Crippen LogP contribution in [0, 0.1) is 17.8 Å². The van der Waals surface area contributed by atoms with Crippen LogP contribution in [0.2, 0.25) is 0 Å². The molecule has 1 aromatic carbocycles. The van der Waals surface area contributed by atoms with Crippen molar-refractivity contribution in [1.82, 2.24) is 0 Å². The summed E-state index contributed by atoms with van der Waals surface area (Å²) >= 11 is 0. The van der Waals surface area contributed by atoms with Crippen LogP contribution in [-0.4, -0.2) is 18.0 Å².